The van der Waals surface area contributed by atoms with Gasteiger partial charge in [0.15, 0.2) is 0 Å². The van der Waals surface area contributed by atoms with Crippen LogP contribution in [0.3, 0.4) is 0 Å². The summed E-state index contributed by atoms with van der Waals surface area (Å²) in [5, 5.41) is 8.93. The van der Waals surface area contributed by atoms with Crippen LogP contribution in [0.1, 0.15) is 34.1 Å². The number of amides is 1. The van der Waals surface area contributed by atoms with Gasteiger partial charge in [-0.1, -0.05) is 27.7 Å². The molecule has 2 rings (SSSR count). The minimum Gasteiger partial charge on any atom is -0.481 e. The fourth-order valence-corrected chi connectivity index (χ4v) is 3.12. The van der Waals surface area contributed by atoms with Crippen LogP contribution in [0.5, 0.6) is 0 Å². The summed E-state index contributed by atoms with van der Waals surface area (Å²) < 4.78 is 0. The van der Waals surface area contributed by atoms with Gasteiger partial charge < -0.3 is 10.0 Å². The van der Waals surface area contributed by atoms with Crippen molar-refractivity contribution >= 4 is 11.9 Å². The van der Waals surface area contributed by atoms with E-state index in [1.54, 1.807) is 4.90 Å². The Morgan fingerprint density at radius 1 is 1.35 bits per heavy atom. The van der Waals surface area contributed by atoms with Crippen LogP contribution in [0, 0.1) is 22.7 Å². The Hall–Kier alpha value is -1.06. The quantitative estimate of drug-likeness (QED) is 0.814. The predicted molar refractivity (Wildman–Crippen MR) is 63.4 cm³/mol. The molecule has 1 unspecified atom stereocenters. The Morgan fingerprint density at radius 2 is 1.88 bits per heavy atom. The average molecular weight is 239 g/mol. The lowest BCUT2D eigenvalue weighted by Gasteiger charge is -2.17. The van der Waals surface area contributed by atoms with Gasteiger partial charge in [0.2, 0.25) is 5.91 Å². The van der Waals surface area contributed by atoms with Gasteiger partial charge >= 0.3 is 5.97 Å². The topological polar surface area (TPSA) is 57.6 Å². The molecule has 2 aliphatic rings. The van der Waals surface area contributed by atoms with Crippen molar-refractivity contribution in [2.45, 2.75) is 34.1 Å². The van der Waals surface area contributed by atoms with E-state index in [0.717, 1.165) is 0 Å². The molecule has 1 N–H and O–H groups in total. The second-order valence-corrected chi connectivity index (χ2v) is 6.53. The maximum Gasteiger partial charge on any atom is 0.308 e. The largest absolute Gasteiger partial charge is 0.481 e. The molecule has 0 bridgehead atoms. The van der Waals surface area contributed by atoms with Crippen molar-refractivity contribution < 1.29 is 14.7 Å². The molecule has 1 atom stereocenters. The van der Waals surface area contributed by atoms with Crippen molar-refractivity contribution in [2.75, 3.05) is 13.1 Å². The van der Waals surface area contributed by atoms with E-state index < -0.39 is 11.9 Å². The molecule has 4 heteroatoms. The first-order chi connectivity index (χ1) is 7.68. The van der Waals surface area contributed by atoms with E-state index in [0.29, 0.717) is 19.0 Å². The van der Waals surface area contributed by atoms with Crippen LogP contribution in [0.2, 0.25) is 0 Å². The standard InChI is InChI=1S/C13H21NO3/c1-12(2)9(13(12,3)4)7-14-6-8(11(16)17)5-10(14)15/h8-9H,5-7H2,1-4H3,(H,16,17). The lowest BCUT2D eigenvalue weighted by Crippen LogP contribution is -2.29. The van der Waals surface area contributed by atoms with Crippen molar-refractivity contribution in [1.82, 2.24) is 4.90 Å². The average Bonchev–Trinajstić information content (AvgIpc) is 2.51. The number of likely N-dealkylation sites (tertiary alicyclic amines) is 1. The van der Waals surface area contributed by atoms with Gasteiger partial charge in [0.1, 0.15) is 0 Å². The molecule has 1 aliphatic heterocycles. The Labute approximate surface area is 102 Å². The van der Waals surface area contributed by atoms with Gasteiger partial charge in [-0.15, -0.1) is 0 Å². The zero-order chi connectivity index (χ0) is 13.0. The minimum absolute atomic E-state index is 0.00380. The van der Waals surface area contributed by atoms with Crippen LogP contribution in [0.4, 0.5) is 0 Å². The molecule has 1 saturated carbocycles. The highest BCUT2D eigenvalue weighted by molar-refractivity contribution is 5.86. The molecule has 2 fully saturated rings. The maximum absolute atomic E-state index is 11.7. The van der Waals surface area contributed by atoms with E-state index >= 15 is 0 Å². The third-order valence-electron chi connectivity index (χ3n) is 5.29. The van der Waals surface area contributed by atoms with Crippen molar-refractivity contribution in [3.63, 3.8) is 0 Å². The van der Waals surface area contributed by atoms with Gasteiger partial charge in [0.05, 0.1) is 5.92 Å². The number of rotatable bonds is 3. The van der Waals surface area contributed by atoms with Crippen molar-refractivity contribution in [3.8, 4) is 0 Å². The number of carboxylic acid groups (broad SMARTS) is 1. The Kier molecular flexibility index (Phi) is 2.53. The van der Waals surface area contributed by atoms with E-state index in [2.05, 4.69) is 27.7 Å². The number of hydrogen-bond donors (Lipinski definition) is 1. The van der Waals surface area contributed by atoms with Crippen LogP contribution in [-0.2, 0) is 9.59 Å². The van der Waals surface area contributed by atoms with Gasteiger partial charge in [0.25, 0.3) is 0 Å². The number of nitrogens with zero attached hydrogens (tertiary/aromatic N) is 1. The molecule has 4 nitrogen and oxygen atoms in total. The second kappa shape index (κ2) is 3.47. The van der Waals surface area contributed by atoms with Crippen LogP contribution in [-0.4, -0.2) is 35.0 Å². The first kappa shape index (κ1) is 12.4. The molecule has 1 aliphatic carbocycles. The first-order valence-electron chi connectivity index (χ1n) is 6.18. The van der Waals surface area contributed by atoms with Crippen LogP contribution < -0.4 is 0 Å². The second-order valence-electron chi connectivity index (χ2n) is 6.53. The molecule has 96 valence electrons. The molecular weight excluding hydrogens is 218 g/mol. The monoisotopic (exact) mass is 239 g/mol. The van der Waals surface area contributed by atoms with Crippen molar-refractivity contribution in [3.05, 3.63) is 0 Å². The van der Waals surface area contributed by atoms with Crippen LogP contribution in [0.15, 0.2) is 0 Å². The highest BCUT2D eigenvalue weighted by atomic mass is 16.4. The Balaban J connectivity index is 1.98. The van der Waals surface area contributed by atoms with Gasteiger partial charge in [-0.2, -0.15) is 0 Å². The number of carboxylic acids is 1. The van der Waals surface area contributed by atoms with E-state index in [-0.39, 0.29) is 23.2 Å². The lowest BCUT2D eigenvalue weighted by molar-refractivity contribution is -0.141. The fraction of sp³-hybridized carbons (Fsp3) is 0.846. The molecule has 0 spiro atoms. The summed E-state index contributed by atoms with van der Waals surface area (Å²) in [6.07, 6.45) is 0.170. The molecule has 1 saturated heterocycles. The normalized spacial score (nSPS) is 30.7. The lowest BCUT2D eigenvalue weighted by atomic mass is 10.0. The summed E-state index contributed by atoms with van der Waals surface area (Å²) in [7, 11) is 0. The Morgan fingerprint density at radius 3 is 2.24 bits per heavy atom. The smallest absolute Gasteiger partial charge is 0.308 e. The summed E-state index contributed by atoms with van der Waals surface area (Å²) in [6.45, 7) is 9.96. The molecule has 1 amide bonds. The van der Waals surface area contributed by atoms with Crippen molar-refractivity contribution in [1.29, 1.82) is 0 Å². The van der Waals surface area contributed by atoms with Gasteiger partial charge in [-0.25, -0.2) is 0 Å². The molecule has 0 aromatic heterocycles. The number of carbonyl (C=O) groups excluding carboxylic acids is 1. The van der Waals surface area contributed by atoms with Gasteiger partial charge in [-0.3, -0.25) is 9.59 Å². The summed E-state index contributed by atoms with van der Waals surface area (Å²) in [4.78, 5) is 24.3. The molecular formula is C13H21NO3. The minimum atomic E-state index is -0.852. The third-order valence-corrected chi connectivity index (χ3v) is 5.29. The third kappa shape index (κ3) is 1.74. The molecule has 0 aromatic rings. The highest BCUT2D eigenvalue weighted by Crippen LogP contribution is 2.68. The van der Waals surface area contributed by atoms with Crippen LogP contribution in [0.25, 0.3) is 0 Å². The zero-order valence-electron chi connectivity index (χ0n) is 11.0. The highest BCUT2D eigenvalue weighted by Gasteiger charge is 2.65. The van der Waals surface area contributed by atoms with E-state index in [1.807, 2.05) is 0 Å². The number of hydrogen-bond acceptors (Lipinski definition) is 2. The summed E-state index contributed by atoms with van der Waals surface area (Å²) in [5.74, 6) is -0.884. The number of aliphatic carboxylic acids is 1. The SMILES string of the molecule is CC1(C)C(CN2CC(C(=O)O)CC2=O)C1(C)C. The molecule has 0 radical (unpaired) electrons. The zero-order valence-corrected chi connectivity index (χ0v) is 11.0. The summed E-state index contributed by atoms with van der Waals surface area (Å²) in [5.41, 5.74) is 0.489. The molecule has 1 heterocycles. The molecule has 17 heavy (non-hydrogen) atoms. The van der Waals surface area contributed by atoms with E-state index in [4.69, 9.17) is 5.11 Å². The summed E-state index contributed by atoms with van der Waals surface area (Å²) >= 11 is 0. The number of carbonyl (C=O) groups is 2. The van der Waals surface area contributed by atoms with Crippen LogP contribution >= 0.6 is 0 Å². The Bertz CT molecular complexity index is 359. The fourth-order valence-electron chi connectivity index (χ4n) is 3.12. The first-order valence-corrected chi connectivity index (χ1v) is 6.18. The molecule has 0 aromatic carbocycles. The predicted octanol–water partition coefficient (Wildman–Crippen LogP) is 1.60. The summed E-state index contributed by atoms with van der Waals surface area (Å²) in [6, 6.07) is 0. The van der Waals surface area contributed by atoms with Gasteiger partial charge in [-0.05, 0) is 16.7 Å². The maximum atomic E-state index is 11.7. The van der Waals surface area contributed by atoms with Gasteiger partial charge in [0, 0.05) is 19.5 Å². The van der Waals surface area contributed by atoms with E-state index in [9.17, 15) is 9.59 Å². The van der Waals surface area contributed by atoms with Crippen molar-refractivity contribution in [2.24, 2.45) is 22.7 Å². The van der Waals surface area contributed by atoms with E-state index in [1.165, 1.54) is 0 Å².